The molecule has 0 saturated heterocycles. The number of ether oxygens (including phenoxy) is 3. The van der Waals surface area contributed by atoms with Crippen LogP contribution in [0, 0.1) is 15.9 Å². The van der Waals surface area contributed by atoms with Gasteiger partial charge in [0.15, 0.2) is 11.5 Å². The number of rotatable bonds is 20. The standard InChI is InChI=1S/C36H43FN4O12S/c1-23(2)34-29(35(24-11-13-25(37)14-12-24)39-36(38-34)40(3)54(5,48)49)17-15-26(42)20-27(43)21-33(45)53-30-18-16-28(22-31(30)50-4)52-32(44)10-8-6-7-9-19-51-41(46)47/h8,10-18,22-23,26-27,42-43H,6-7,9,19-21H2,1-5H3/b10-8+,17-15+/t26-,27-/m1/s1. The van der Waals surface area contributed by atoms with Gasteiger partial charge in [0.25, 0.3) is 5.09 Å². The Kier molecular flexibility index (Phi) is 16.0. The van der Waals surface area contributed by atoms with E-state index in [0.717, 1.165) is 10.6 Å². The monoisotopic (exact) mass is 774 g/mol. The molecule has 0 aliphatic heterocycles. The first kappa shape index (κ1) is 42.9. The van der Waals surface area contributed by atoms with Crippen LogP contribution in [0.1, 0.15) is 63.1 Å². The normalized spacial score (nSPS) is 12.8. The van der Waals surface area contributed by atoms with Crippen molar-refractivity contribution in [1.82, 2.24) is 9.97 Å². The lowest BCUT2D eigenvalue weighted by Gasteiger charge is -2.20. The third kappa shape index (κ3) is 13.5. The smallest absolute Gasteiger partial charge is 0.335 e. The van der Waals surface area contributed by atoms with Crippen molar-refractivity contribution in [2.45, 2.75) is 64.1 Å². The van der Waals surface area contributed by atoms with Crippen LogP contribution >= 0.6 is 0 Å². The van der Waals surface area contributed by atoms with Gasteiger partial charge in [-0.25, -0.2) is 31.9 Å². The molecule has 3 rings (SSSR count). The van der Waals surface area contributed by atoms with E-state index in [0.29, 0.717) is 36.1 Å². The second-order valence-corrected chi connectivity index (χ2v) is 14.3. The lowest BCUT2D eigenvalue weighted by molar-refractivity contribution is -0.757. The minimum atomic E-state index is -3.72. The molecule has 0 unspecified atom stereocenters. The largest absolute Gasteiger partial charge is 0.493 e. The van der Waals surface area contributed by atoms with Crippen molar-refractivity contribution in [3.63, 3.8) is 0 Å². The molecule has 0 radical (unpaired) electrons. The van der Waals surface area contributed by atoms with Gasteiger partial charge in [0.2, 0.25) is 16.0 Å². The average molecular weight is 775 g/mol. The maximum atomic E-state index is 13.8. The molecule has 0 amide bonds. The number of aliphatic hydroxyl groups is 2. The van der Waals surface area contributed by atoms with Crippen LogP contribution in [-0.2, 0) is 24.4 Å². The zero-order valence-corrected chi connectivity index (χ0v) is 31.2. The minimum absolute atomic E-state index is 0.0121. The van der Waals surface area contributed by atoms with E-state index in [1.165, 1.54) is 74.9 Å². The Bertz CT molecular complexity index is 1940. The first-order chi connectivity index (χ1) is 25.5. The third-order valence-electron chi connectivity index (χ3n) is 7.60. The molecule has 0 aliphatic carbocycles. The van der Waals surface area contributed by atoms with Crippen LogP contribution in [0.25, 0.3) is 17.3 Å². The summed E-state index contributed by atoms with van der Waals surface area (Å²) in [5, 5.41) is 30.7. The number of unbranched alkanes of at least 4 members (excludes halogenated alkanes) is 2. The number of aliphatic hydroxyl groups excluding tert-OH is 2. The molecule has 0 bridgehead atoms. The quantitative estimate of drug-likeness (QED) is 0.0395. The van der Waals surface area contributed by atoms with Gasteiger partial charge in [-0.2, -0.15) is 0 Å². The molecule has 54 heavy (non-hydrogen) atoms. The minimum Gasteiger partial charge on any atom is -0.493 e. The number of allylic oxidation sites excluding steroid dienone is 1. The second-order valence-electron chi connectivity index (χ2n) is 12.2. The molecule has 1 aromatic heterocycles. The lowest BCUT2D eigenvalue weighted by atomic mass is 9.97. The van der Waals surface area contributed by atoms with Gasteiger partial charge in [-0.1, -0.05) is 32.1 Å². The molecule has 292 valence electrons. The molecule has 0 fully saturated rings. The fourth-order valence-electron chi connectivity index (χ4n) is 4.83. The van der Waals surface area contributed by atoms with Crippen molar-refractivity contribution in [1.29, 1.82) is 0 Å². The van der Waals surface area contributed by atoms with E-state index in [1.54, 1.807) is 6.08 Å². The van der Waals surface area contributed by atoms with Gasteiger partial charge in [0.05, 0.1) is 50.0 Å². The second kappa shape index (κ2) is 20.1. The van der Waals surface area contributed by atoms with E-state index < -0.39 is 51.5 Å². The number of carbonyl (C=O) groups is 2. The van der Waals surface area contributed by atoms with E-state index in [4.69, 9.17) is 14.2 Å². The van der Waals surface area contributed by atoms with Gasteiger partial charge in [-0.05, 0) is 61.6 Å². The molecule has 2 N–H and O–H groups in total. The van der Waals surface area contributed by atoms with E-state index in [9.17, 15) is 42.7 Å². The van der Waals surface area contributed by atoms with Crippen molar-refractivity contribution in [2.24, 2.45) is 0 Å². The molecule has 3 aromatic rings. The van der Waals surface area contributed by atoms with E-state index in [2.05, 4.69) is 14.8 Å². The summed E-state index contributed by atoms with van der Waals surface area (Å²) in [6.45, 7) is 3.64. The molecule has 2 aromatic carbocycles. The number of anilines is 1. The molecular weight excluding hydrogens is 731 g/mol. The van der Waals surface area contributed by atoms with Crippen molar-refractivity contribution in [3.05, 3.63) is 87.9 Å². The van der Waals surface area contributed by atoms with Gasteiger partial charge in [0, 0.05) is 36.7 Å². The van der Waals surface area contributed by atoms with Crippen LogP contribution in [0.5, 0.6) is 17.2 Å². The molecule has 18 heteroatoms. The Labute approximate surface area is 312 Å². The summed E-state index contributed by atoms with van der Waals surface area (Å²) in [5.74, 6) is -2.19. The summed E-state index contributed by atoms with van der Waals surface area (Å²) in [4.78, 5) is 48.2. The number of hydrogen-bond acceptors (Lipinski definition) is 14. The van der Waals surface area contributed by atoms with Crippen LogP contribution in [0.15, 0.2) is 60.7 Å². The summed E-state index contributed by atoms with van der Waals surface area (Å²) in [6, 6.07) is 9.47. The number of benzene rings is 2. The van der Waals surface area contributed by atoms with Crippen LogP contribution in [-0.4, -0.2) is 84.9 Å². The van der Waals surface area contributed by atoms with Gasteiger partial charge in [-0.3, -0.25) is 4.79 Å². The Balaban J connectivity index is 1.66. The van der Waals surface area contributed by atoms with Gasteiger partial charge in [-0.15, -0.1) is 10.1 Å². The highest BCUT2D eigenvalue weighted by Crippen LogP contribution is 2.33. The van der Waals surface area contributed by atoms with E-state index in [1.807, 2.05) is 13.8 Å². The first-order valence-corrected chi connectivity index (χ1v) is 18.5. The summed E-state index contributed by atoms with van der Waals surface area (Å²) < 4.78 is 55.1. The number of nitrogens with zero attached hydrogens (tertiary/aromatic N) is 4. The summed E-state index contributed by atoms with van der Waals surface area (Å²) >= 11 is 0. The Morgan fingerprint density at radius 3 is 2.39 bits per heavy atom. The van der Waals surface area contributed by atoms with Crippen molar-refractivity contribution in [2.75, 3.05) is 31.3 Å². The maximum Gasteiger partial charge on any atom is 0.335 e. The first-order valence-electron chi connectivity index (χ1n) is 16.7. The molecule has 16 nitrogen and oxygen atoms in total. The average Bonchev–Trinajstić information content (AvgIpc) is 3.09. The summed E-state index contributed by atoms with van der Waals surface area (Å²) in [6.07, 6.45) is 4.79. The highest BCUT2D eigenvalue weighted by molar-refractivity contribution is 7.92. The number of esters is 2. The number of halogens is 1. The van der Waals surface area contributed by atoms with Crippen LogP contribution in [0.2, 0.25) is 0 Å². The van der Waals surface area contributed by atoms with Gasteiger partial charge < -0.3 is 29.3 Å². The lowest BCUT2D eigenvalue weighted by Crippen LogP contribution is -2.27. The third-order valence-corrected chi connectivity index (χ3v) is 8.76. The number of aromatic nitrogens is 2. The van der Waals surface area contributed by atoms with Crippen molar-refractivity contribution >= 4 is 34.0 Å². The Morgan fingerprint density at radius 1 is 1.06 bits per heavy atom. The van der Waals surface area contributed by atoms with Crippen LogP contribution in [0.4, 0.5) is 10.3 Å². The molecule has 1 heterocycles. The zero-order chi connectivity index (χ0) is 40.0. The number of methoxy groups -OCH3 is 1. The SMILES string of the molecule is COc1cc(OC(=O)/C=C/CCCCO[N+](=O)[O-])ccc1OC(=O)C[C@H](O)C[C@H](O)/C=C/c1c(-c2ccc(F)cc2)nc(N(C)S(C)(=O)=O)nc1C(C)C. The molecule has 2 atom stereocenters. The van der Waals surface area contributed by atoms with Gasteiger partial charge >= 0.3 is 11.9 Å². The Hall–Kier alpha value is -5.46. The molecule has 0 aliphatic rings. The number of sulfonamides is 1. The van der Waals surface area contributed by atoms with Crippen LogP contribution < -0.4 is 18.5 Å². The highest BCUT2D eigenvalue weighted by Gasteiger charge is 2.23. The topological polar surface area (TPSA) is 218 Å². The van der Waals surface area contributed by atoms with Crippen molar-refractivity contribution < 1.29 is 56.7 Å². The van der Waals surface area contributed by atoms with E-state index >= 15 is 0 Å². The van der Waals surface area contributed by atoms with Crippen molar-refractivity contribution in [3.8, 4) is 28.5 Å². The summed E-state index contributed by atoms with van der Waals surface area (Å²) in [5.41, 5.74) is 1.63. The molecule has 0 saturated carbocycles. The Morgan fingerprint density at radius 2 is 1.76 bits per heavy atom. The fourth-order valence-corrected chi connectivity index (χ4v) is 5.21. The summed E-state index contributed by atoms with van der Waals surface area (Å²) in [7, 11) is -1.10. The van der Waals surface area contributed by atoms with E-state index in [-0.39, 0.29) is 47.8 Å². The maximum absolute atomic E-state index is 13.8. The predicted octanol–water partition coefficient (Wildman–Crippen LogP) is 4.77. The zero-order valence-electron chi connectivity index (χ0n) is 30.4. The molecular formula is C36H43FN4O12S. The fraction of sp³-hybridized carbons (Fsp3) is 0.389. The number of hydrogen-bond donors (Lipinski definition) is 2. The number of carbonyl (C=O) groups excluding carboxylic acids is 2. The van der Waals surface area contributed by atoms with Gasteiger partial charge in [0.1, 0.15) is 11.6 Å². The molecule has 0 spiro atoms. The highest BCUT2D eigenvalue weighted by atomic mass is 32.2. The predicted molar refractivity (Wildman–Crippen MR) is 195 cm³/mol. The van der Waals surface area contributed by atoms with Crippen LogP contribution in [0.3, 0.4) is 0 Å².